The Balaban J connectivity index is 0.00000576. The van der Waals surface area contributed by atoms with Crippen LogP contribution in [0.5, 0.6) is 0 Å². The topological polar surface area (TPSA) is 65.5 Å². The van der Waals surface area contributed by atoms with Crippen molar-refractivity contribution in [3.8, 4) is 0 Å². The predicted molar refractivity (Wildman–Crippen MR) is 118 cm³/mol. The first-order valence-corrected chi connectivity index (χ1v) is 8.71. The first-order valence-electron chi connectivity index (χ1n) is 8.71. The molecular weight excluding hydrogens is 427 g/mol. The molecule has 5 nitrogen and oxygen atoms in total. The van der Waals surface area contributed by atoms with Crippen molar-refractivity contribution in [3.05, 3.63) is 29.8 Å². The van der Waals surface area contributed by atoms with Crippen LogP contribution < -0.4 is 16.0 Å². The molecule has 0 fully saturated rings. The standard InChI is InChI=1S/C19H32N4O.HI/c1-7-14(3)17(24)22-16-11-9-10-15(12-16)13-21-18(20-8-2)23-19(4,5)6;/h9-12,14H,7-8,13H2,1-6H3,(H,22,24)(H2,20,21,23);1H. The Kier molecular flexibility index (Phi) is 10.7. The van der Waals surface area contributed by atoms with Crippen LogP contribution in [-0.4, -0.2) is 24.0 Å². The van der Waals surface area contributed by atoms with Crippen LogP contribution in [0.15, 0.2) is 29.3 Å². The van der Waals surface area contributed by atoms with Crippen LogP contribution in [-0.2, 0) is 11.3 Å². The molecule has 1 rings (SSSR count). The van der Waals surface area contributed by atoms with Gasteiger partial charge < -0.3 is 16.0 Å². The van der Waals surface area contributed by atoms with Gasteiger partial charge in [-0.2, -0.15) is 0 Å². The molecule has 142 valence electrons. The van der Waals surface area contributed by atoms with Gasteiger partial charge in [0.15, 0.2) is 5.96 Å². The van der Waals surface area contributed by atoms with Gasteiger partial charge in [0.25, 0.3) is 0 Å². The quantitative estimate of drug-likeness (QED) is 0.340. The second kappa shape index (κ2) is 11.3. The van der Waals surface area contributed by atoms with Gasteiger partial charge in [-0.1, -0.05) is 26.0 Å². The van der Waals surface area contributed by atoms with Gasteiger partial charge in [0.05, 0.1) is 6.54 Å². The van der Waals surface area contributed by atoms with E-state index < -0.39 is 0 Å². The molecule has 1 unspecified atom stereocenters. The minimum atomic E-state index is -0.0485. The average molecular weight is 460 g/mol. The number of carbonyl (C=O) groups excluding carboxylic acids is 1. The Hall–Kier alpha value is -1.31. The minimum absolute atomic E-state index is 0. The molecule has 0 aliphatic carbocycles. The highest BCUT2D eigenvalue weighted by Gasteiger charge is 2.12. The van der Waals surface area contributed by atoms with Crippen LogP contribution in [0.25, 0.3) is 0 Å². The van der Waals surface area contributed by atoms with E-state index in [-0.39, 0.29) is 41.3 Å². The normalized spacial score (nSPS) is 12.8. The summed E-state index contributed by atoms with van der Waals surface area (Å²) in [5.74, 6) is 0.864. The van der Waals surface area contributed by atoms with Gasteiger partial charge in [0, 0.05) is 23.7 Å². The van der Waals surface area contributed by atoms with E-state index in [4.69, 9.17) is 0 Å². The molecule has 0 saturated heterocycles. The maximum Gasteiger partial charge on any atom is 0.227 e. The van der Waals surface area contributed by atoms with E-state index >= 15 is 0 Å². The lowest BCUT2D eigenvalue weighted by molar-refractivity contribution is -0.119. The van der Waals surface area contributed by atoms with Crippen LogP contribution in [0, 0.1) is 5.92 Å². The zero-order valence-electron chi connectivity index (χ0n) is 16.3. The summed E-state index contributed by atoms with van der Waals surface area (Å²) in [4.78, 5) is 16.6. The summed E-state index contributed by atoms with van der Waals surface area (Å²) in [6.45, 7) is 13.7. The van der Waals surface area contributed by atoms with Crippen LogP contribution >= 0.6 is 24.0 Å². The molecule has 1 aromatic carbocycles. The van der Waals surface area contributed by atoms with Gasteiger partial charge >= 0.3 is 0 Å². The number of hydrogen-bond acceptors (Lipinski definition) is 2. The maximum atomic E-state index is 12.0. The van der Waals surface area contributed by atoms with E-state index in [9.17, 15) is 4.79 Å². The lowest BCUT2D eigenvalue weighted by Gasteiger charge is -2.23. The first-order chi connectivity index (χ1) is 11.2. The summed E-state index contributed by atoms with van der Waals surface area (Å²) in [6, 6.07) is 7.85. The lowest BCUT2D eigenvalue weighted by Crippen LogP contribution is -2.47. The number of aliphatic imine (C=N–C) groups is 1. The fourth-order valence-electron chi connectivity index (χ4n) is 2.03. The Morgan fingerprint density at radius 1 is 1.24 bits per heavy atom. The molecule has 1 atom stereocenters. The number of nitrogens with zero attached hydrogens (tertiary/aromatic N) is 1. The summed E-state index contributed by atoms with van der Waals surface area (Å²) < 4.78 is 0. The zero-order valence-corrected chi connectivity index (χ0v) is 18.6. The van der Waals surface area contributed by atoms with E-state index in [0.29, 0.717) is 6.54 Å². The number of halogens is 1. The van der Waals surface area contributed by atoms with Crippen LogP contribution in [0.3, 0.4) is 0 Å². The van der Waals surface area contributed by atoms with E-state index in [2.05, 4.69) is 41.7 Å². The number of hydrogen-bond donors (Lipinski definition) is 3. The highest BCUT2D eigenvalue weighted by molar-refractivity contribution is 14.0. The third-order valence-corrected chi connectivity index (χ3v) is 3.51. The van der Waals surface area contributed by atoms with Gasteiger partial charge in [-0.25, -0.2) is 4.99 Å². The molecular formula is C19H33IN4O. The molecule has 3 N–H and O–H groups in total. The molecule has 0 spiro atoms. The van der Waals surface area contributed by atoms with E-state index in [1.807, 2.05) is 45.0 Å². The Morgan fingerprint density at radius 3 is 2.48 bits per heavy atom. The second-order valence-electron chi connectivity index (χ2n) is 7.07. The fourth-order valence-corrected chi connectivity index (χ4v) is 2.03. The average Bonchev–Trinajstić information content (AvgIpc) is 2.51. The summed E-state index contributed by atoms with van der Waals surface area (Å²) in [5, 5.41) is 9.58. The van der Waals surface area contributed by atoms with Crippen molar-refractivity contribution in [2.24, 2.45) is 10.9 Å². The maximum absolute atomic E-state index is 12.0. The molecule has 25 heavy (non-hydrogen) atoms. The van der Waals surface area contributed by atoms with E-state index in [1.165, 1.54) is 0 Å². The number of benzene rings is 1. The van der Waals surface area contributed by atoms with Gasteiger partial charge in [-0.15, -0.1) is 24.0 Å². The number of carbonyl (C=O) groups is 1. The Bertz CT molecular complexity index is 567. The second-order valence-corrected chi connectivity index (χ2v) is 7.07. The number of anilines is 1. The zero-order chi connectivity index (χ0) is 18.2. The van der Waals surface area contributed by atoms with Crippen molar-refractivity contribution < 1.29 is 4.79 Å². The minimum Gasteiger partial charge on any atom is -0.357 e. The van der Waals surface area contributed by atoms with Crippen molar-refractivity contribution in [1.82, 2.24) is 10.6 Å². The van der Waals surface area contributed by atoms with Crippen LogP contribution in [0.1, 0.15) is 53.5 Å². The lowest BCUT2D eigenvalue weighted by atomic mass is 10.1. The summed E-state index contributed by atoms with van der Waals surface area (Å²) in [7, 11) is 0. The Morgan fingerprint density at radius 2 is 1.92 bits per heavy atom. The molecule has 0 aliphatic rings. The number of nitrogens with one attached hydrogen (secondary N) is 3. The predicted octanol–water partition coefficient (Wildman–Crippen LogP) is 4.14. The molecule has 0 heterocycles. The van der Waals surface area contributed by atoms with Gasteiger partial charge in [-0.3, -0.25) is 4.79 Å². The number of guanidine groups is 1. The third kappa shape index (κ3) is 9.67. The smallest absolute Gasteiger partial charge is 0.227 e. The van der Waals surface area contributed by atoms with Crippen molar-refractivity contribution >= 4 is 41.5 Å². The number of rotatable bonds is 6. The summed E-state index contributed by atoms with van der Waals surface area (Å²) in [5.41, 5.74) is 1.83. The molecule has 1 amide bonds. The molecule has 0 radical (unpaired) electrons. The van der Waals surface area contributed by atoms with Crippen molar-refractivity contribution in [2.45, 2.75) is 60.0 Å². The summed E-state index contributed by atoms with van der Waals surface area (Å²) in [6.07, 6.45) is 0.834. The van der Waals surface area contributed by atoms with Gasteiger partial charge in [0.2, 0.25) is 5.91 Å². The Labute approximate surface area is 169 Å². The molecule has 0 bridgehead atoms. The fraction of sp³-hybridized carbons (Fsp3) is 0.579. The van der Waals surface area contributed by atoms with Gasteiger partial charge in [-0.05, 0) is 51.8 Å². The van der Waals surface area contributed by atoms with Crippen LogP contribution in [0.4, 0.5) is 5.69 Å². The number of amides is 1. The first kappa shape index (κ1) is 23.7. The SMILES string of the molecule is CCNC(=NCc1cccc(NC(=O)C(C)CC)c1)NC(C)(C)C.I. The molecule has 6 heteroatoms. The largest absolute Gasteiger partial charge is 0.357 e. The molecule has 0 saturated carbocycles. The molecule has 0 aromatic heterocycles. The van der Waals surface area contributed by atoms with Gasteiger partial charge in [0.1, 0.15) is 0 Å². The van der Waals surface area contributed by atoms with Crippen molar-refractivity contribution in [3.63, 3.8) is 0 Å². The highest BCUT2D eigenvalue weighted by Crippen LogP contribution is 2.14. The van der Waals surface area contributed by atoms with E-state index in [0.717, 1.165) is 30.2 Å². The van der Waals surface area contributed by atoms with Crippen LogP contribution in [0.2, 0.25) is 0 Å². The third-order valence-electron chi connectivity index (χ3n) is 3.51. The highest BCUT2D eigenvalue weighted by atomic mass is 127. The monoisotopic (exact) mass is 460 g/mol. The molecule has 0 aliphatic heterocycles. The van der Waals surface area contributed by atoms with Crippen molar-refractivity contribution in [2.75, 3.05) is 11.9 Å². The molecule has 1 aromatic rings. The van der Waals surface area contributed by atoms with E-state index in [1.54, 1.807) is 0 Å². The van der Waals surface area contributed by atoms with Crippen molar-refractivity contribution in [1.29, 1.82) is 0 Å². The summed E-state index contributed by atoms with van der Waals surface area (Å²) >= 11 is 0.